The highest BCUT2D eigenvalue weighted by Crippen LogP contribution is 2.03. The van der Waals surface area contributed by atoms with Crippen molar-refractivity contribution < 1.29 is 9.53 Å². The molecule has 1 unspecified atom stereocenters. The fourth-order valence-corrected chi connectivity index (χ4v) is 1.91. The van der Waals surface area contributed by atoms with E-state index < -0.39 is 0 Å². The maximum Gasteiger partial charge on any atom is 0.252 e. The third-order valence-corrected chi connectivity index (χ3v) is 3.01. The van der Waals surface area contributed by atoms with E-state index in [1.165, 1.54) is 0 Å². The highest BCUT2D eigenvalue weighted by molar-refractivity contribution is 5.81. The van der Waals surface area contributed by atoms with Crippen LogP contribution in [0.2, 0.25) is 0 Å². The summed E-state index contributed by atoms with van der Waals surface area (Å²) in [5, 5.41) is 3.16. The lowest BCUT2D eigenvalue weighted by Gasteiger charge is -2.27. The average Bonchev–Trinajstić information content (AvgIpc) is 2.46. The van der Waals surface area contributed by atoms with Gasteiger partial charge in [0.1, 0.15) is 6.10 Å². The number of hydrogen-bond acceptors (Lipinski definition) is 4. The van der Waals surface area contributed by atoms with E-state index in [9.17, 15) is 4.79 Å². The molecule has 0 aromatic carbocycles. The normalized spacial score (nSPS) is 19.5. The smallest absolute Gasteiger partial charge is 0.252 e. The van der Waals surface area contributed by atoms with Gasteiger partial charge in [-0.1, -0.05) is 6.07 Å². The summed E-state index contributed by atoms with van der Waals surface area (Å²) >= 11 is 0. The number of rotatable bonds is 4. The van der Waals surface area contributed by atoms with E-state index in [0.29, 0.717) is 19.7 Å². The zero-order valence-electron chi connectivity index (χ0n) is 10.6. The Balaban J connectivity index is 1.80. The third kappa shape index (κ3) is 3.51. The first-order chi connectivity index (χ1) is 8.77. The molecule has 1 fully saturated rings. The fraction of sp³-hybridized carbons (Fsp3) is 0.538. The zero-order chi connectivity index (χ0) is 12.8. The lowest BCUT2D eigenvalue weighted by Crippen LogP contribution is -2.48. The van der Waals surface area contributed by atoms with E-state index in [-0.39, 0.29) is 12.0 Å². The quantitative estimate of drug-likeness (QED) is 0.820. The van der Waals surface area contributed by atoms with Gasteiger partial charge in [0.2, 0.25) is 0 Å². The van der Waals surface area contributed by atoms with Gasteiger partial charge in [-0.3, -0.25) is 9.78 Å². The van der Waals surface area contributed by atoms with Crippen molar-refractivity contribution in [2.75, 3.05) is 33.3 Å². The van der Waals surface area contributed by atoms with Crippen molar-refractivity contribution in [2.45, 2.75) is 12.5 Å². The first-order valence-electron chi connectivity index (χ1n) is 6.24. The Morgan fingerprint density at radius 2 is 2.50 bits per heavy atom. The van der Waals surface area contributed by atoms with Gasteiger partial charge >= 0.3 is 0 Å². The van der Waals surface area contributed by atoms with Gasteiger partial charge in [-0.2, -0.15) is 0 Å². The highest BCUT2D eigenvalue weighted by Gasteiger charge is 2.24. The predicted molar refractivity (Wildman–Crippen MR) is 68.2 cm³/mol. The first-order valence-corrected chi connectivity index (χ1v) is 6.24. The van der Waals surface area contributed by atoms with Crippen molar-refractivity contribution in [1.29, 1.82) is 0 Å². The molecule has 1 aromatic rings. The molecule has 0 spiro atoms. The first kappa shape index (κ1) is 13.0. The number of morpholine rings is 1. The Morgan fingerprint density at radius 1 is 1.61 bits per heavy atom. The van der Waals surface area contributed by atoms with Gasteiger partial charge in [-0.25, -0.2) is 0 Å². The van der Waals surface area contributed by atoms with Gasteiger partial charge in [-0.05, 0) is 12.1 Å². The number of ether oxygens (including phenoxy) is 1. The second-order valence-electron chi connectivity index (χ2n) is 4.39. The Kier molecular flexibility index (Phi) is 4.66. The Labute approximate surface area is 107 Å². The summed E-state index contributed by atoms with van der Waals surface area (Å²) in [4.78, 5) is 18.0. The molecular weight excluding hydrogens is 230 g/mol. The van der Waals surface area contributed by atoms with E-state index in [2.05, 4.69) is 10.3 Å². The molecule has 1 aromatic heterocycles. The van der Waals surface area contributed by atoms with Gasteiger partial charge in [0.25, 0.3) is 5.91 Å². The zero-order valence-corrected chi connectivity index (χ0v) is 10.6. The van der Waals surface area contributed by atoms with Crippen molar-refractivity contribution in [3.8, 4) is 0 Å². The van der Waals surface area contributed by atoms with Gasteiger partial charge < -0.3 is 15.0 Å². The van der Waals surface area contributed by atoms with Gasteiger partial charge in [0, 0.05) is 45.0 Å². The maximum atomic E-state index is 12.1. The lowest BCUT2D eigenvalue weighted by molar-refractivity contribution is -0.143. The molecule has 0 saturated carbocycles. The molecule has 5 heteroatoms. The number of likely N-dealkylation sites (N-methyl/N-ethyl adjacent to an activating group) is 1. The highest BCUT2D eigenvalue weighted by atomic mass is 16.5. The van der Waals surface area contributed by atoms with Crippen molar-refractivity contribution in [3.05, 3.63) is 30.1 Å². The summed E-state index contributed by atoms with van der Waals surface area (Å²) in [5.74, 6) is 0.0399. The molecule has 1 amide bonds. The molecule has 1 atom stereocenters. The van der Waals surface area contributed by atoms with Crippen LogP contribution in [0.3, 0.4) is 0 Å². The Bertz CT molecular complexity index is 377. The van der Waals surface area contributed by atoms with Crippen LogP contribution < -0.4 is 5.32 Å². The summed E-state index contributed by atoms with van der Waals surface area (Å²) in [6.45, 7) is 2.69. The minimum absolute atomic E-state index is 0.0399. The topological polar surface area (TPSA) is 54.5 Å². The number of aromatic nitrogens is 1. The summed E-state index contributed by atoms with van der Waals surface area (Å²) in [6.07, 6.45) is 2.20. The monoisotopic (exact) mass is 249 g/mol. The van der Waals surface area contributed by atoms with Crippen LogP contribution in [0, 0.1) is 0 Å². The molecule has 1 aliphatic rings. The molecule has 1 aliphatic heterocycles. The molecule has 0 bridgehead atoms. The standard InChI is InChI=1S/C13H19N3O2/c1-16(8-5-11-4-2-3-6-15-11)13(17)12-10-14-7-9-18-12/h2-4,6,12,14H,5,7-10H2,1H3. The second-order valence-corrected chi connectivity index (χ2v) is 4.39. The van der Waals surface area contributed by atoms with Crippen LogP contribution in [-0.2, 0) is 16.0 Å². The summed E-state index contributed by atoms with van der Waals surface area (Å²) in [7, 11) is 1.81. The van der Waals surface area contributed by atoms with E-state index in [1.54, 1.807) is 11.1 Å². The number of amides is 1. The van der Waals surface area contributed by atoms with Crippen LogP contribution >= 0.6 is 0 Å². The van der Waals surface area contributed by atoms with Crippen LogP contribution in [0.4, 0.5) is 0 Å². The van der Waals surface area contributed by atoms with E-state index >= 15 is 0 Å². The lowest BCUT2D eigenvalue weighted by atomic mass is 10.2. The van der Waals surface area contributed by atoms with Crippen molar-refractivity contribution in [1.82, 2.24) is 15.2 Å². The molecular formula is C13H19N3O2. The van der Waals surface area contributed by atoms with Crippen molar-refractivity contribution >= 4 is 5.91 Å². The summed E-state index contributed by atoms with van der Waals surface area (Å²) < 4.78 is 5.44. The maximum absolute atomic E-state index is 12.1. The van der Waals surface area contributed by atoms with Gasteiger partial charge in [0.05, 0.1) is 6.61 Å². The predicted octanol–water partition coefficient (Wildman–Crippen LogP) is 0.0709. The molecule has 2 rings (SSSR count). The summed E-state index contributed by atoms with van der Waals surface area (Å²) in [5.41, 5.74) is 1.000. The third-order valence-electron chi connectivity index (χ3n) is 3.01. The van der Waals surface area contributed by atoms with Crippen LogP contribution in [0.15, 0.2) is 24.4 Å². The fourth-order valence-electron chi connectivity index (χ4n) is 1.91. The molecule has 98 valence electrons. The minimum atomic E-state index is -0.340. The number of hydrogen-bond donors (Lipinski definition) is 1. The molecule has 1 N–H and O–H groups in total. The second kappa shape index (κ2) is 6.47. The number of pyridine rings is 1. The number of carbonyl (C=O) groups is 1. The molecule has 0 radical (unpaired) electrons. The number of nitrogens with one attached hydrogen (secondary N) is 1. The molecule has 18 heavy (non-hydrogen) atoms. The SMILES string of the molecule is CN(CCc1ccccn1)C(=O)C1CNCCO1. The molecule has 2 heterocycles. The minimum Gasteiger partial charge on any atom is -0.366 e. The number of carbonyl (C=O) groups excluding carboxylic acids is 1. The van der Waals surface area contributed by atoms with E-state index in [1.807, 2.05) is 25.2 Å². The Morgan fingerprint density at radius 3 is 3.17 bits per heavy atom. The van der Waals surface area contributed by atoms with Gasteiger partial charge in [0.15, 0.2) is 0 Å². The van der Waals surface area contributed by atoms with E-state index in [4.69, 9.17) is 4.74 Å². The Hall–Kier alpha value is -1.46. The molecule has 0 aliphatic carbocycles. The van der Waals surface area contributed by atoms with Crippen LogP contribution in [0.5, 0.6) is 0 Å². The van der Waals surface area contributed by atoms with Crippen LogP contribution in [0.1, 0.15) is 5.69 Å². The number of nitrogens with zero attached hydrogens (tertiary/aromatic N) is 2. The van der Waals surface area contributed by atoms with Crippen molar-refractivity contribution in [2.24, 2.45) is 0 Å². The van der Waals surface area contributed by atoms with Crippen LogP contribution in [-0.4, -0.2) is 55.2 Å². The van der Waals surface area contributed by atoms with E-state index in [0.717, 1.165) is 18.7 Å². The molecule has 5 nitrogen and oxygen atoms in total. The van der Waals surface area contributed by atoms with Crippen LogP contribution in [0.25, 0.3) is 0 Å². The van der Waals surface area contributed by atoms with Crippen molar-refractivity contribution in [3.63, 3.8) is 0 Å². The average molecular weight is 249 g/mol. The largest absolute Gasteiger partial charge is 0.366 e. The van der Waals surface area contributed by atoms with Gasteiger partial charge in [-0.15, -0.1) is 0 Å². The molecule has 1 saturated heterocycles. The summed E-state index contributed by atoms with van der Waals surface area (Å²) in [6, 6.07) is 5.81.